The van der Waals surface area contributed by atoms with Crippen LogP contribution in [0.2, 0.25) is 0 Å². The summed E-state index contributed by atoms with van der Waals surface area (Å²) >= 11 is 0. The molecule has 0 spiro atoms. The molecule has 1 fully saturated rings. The molecule has 3 rings (SSSR count). The SMILES string of the molecule is C[C@@H]1C[C@H](Nc2nccc(-c3cccnc3F)n2)CN(C(=O)O)C1. The number of carbonyl (C=O) groups is 1. The zero-order valence-corrected chi connectivity index (χ0v) is 13.2. The van der Waals surface area contributed by atoms with Crippen molar-refractivity contribution in [2.45, 2.75) is 19.4 Å². The highest BCUT2D eigenvalue weighted by molar-refractivity contribution is 5.65. The number of piperidine rings is 1. The molecule has 8 heteroatoms. The van der Waals surface area contributed by atoms with Gasteiger partial charge >= 0.3 is 6.09 Å². The second-order valence-electron chi connectivity index (χ2n) is 5.98. The first-order chi connectivity index (χ1) is 11.5. The lowest BCUT2D eigenvalue weighted by Crippen LogP contribution is -2.47. The monoisotopic (exact) mass is 331 g/mol. The minimum absolute atomic E-state index is 0.0844. The minimum atomic E-state index is -0.930. The molecule has 2 N–H and O–H groups in total. The van der Waals surface area contributed by atoms with Crippen LogP contribution in [0.4, 0.5) is 15.1 Å². The van der Waals surface area contributed by atoms with Crippen molar-refractivity contribution in [1.29, 1.82) is 0 Å². The molecule has 2 atom stereocenters. The van der Waals surface area contributed by atoms with Crippen LogP contribution in [0.5, 0.6) is 0 Å². The van der Waals surface area contributed by atoms with Crippen LogP contribution in [0, 0.1) is 11.9 Å². The lowest BCUT2D eigenvalue weighted by Gasteiger charge is -2.35. The van der Waals surface area contributed by atoms with Crippen LogP contribution in [0.25, 0.3) is 11.3 Å². The number of carboxylic acid groups (broad SMARTS) is 1. The number of likely N-dealkylation sites (tertiary alicyclic amines) is 1. The van der Waals surface area contributed by atoms with E-state index in [2.05, 4.69) is 20.3 Å². The van der Waals surface area contributed by atoms with Gasteiger partial charge in [0.25, 0.3) is 0 Å². The third-order valence-electron chi connectivity index (χ3n) is 3.95. The van der Waals surface area contributed by atoms with Crippen molar-refractivity contribution in [2.24, 2.45) is 5.92 Å². The van der Waals surface area contributed by atoms with Gasteiger partial charge in [-0.25, -0.2) is 19.7 Å². The van der Waals surface area contributed by atoms with Crippen molar-refractivity contribution in [3.8, 4) is 11.3 Å². The zero-order valence-electron chi connectivity index (χ0n) is 13.2. The lowest BCUT2D eigenvalue weighted by molar-refractivity contribution is 0.119. The minimum Gasteiger partial charge on any atom is -0.465 e. The van der Waals surface area contributed by atoms with E-state index in [4.69, 9.17) is 0 Å². The molecule has 24 heavy (non-hydrogen) atoms. The number of amides is 1. The van der Waals surface area contributed by atoms with Gasteiger partial charge in [0, 0.05) is 31.5 Å². The molecule has 0 radical (unpaired) electrons. The number of hydrogen-bond donors (Lipinski definition) is 2. The van der Waals surface area contributed by atoms with Crippen molar-refractivity contribution >= 4 is 12.0 Å². The Balaban J connectivity index is 1.77. The molecule has 0 aromatic carbocycles. The Morgan fingerprint density at radius 2 is 2.17 bits per heavy atom. The summed E-state index contributed by atoms with van der Waals surface area (Å²) in [5.41, 5.74) is 0.726. The van der Waals surface area contributed by atoms with Crippen LogP contribution in [0.3, 0.4) is 0 Å². The number of rotatable bonds is 3. The summed E-state index contributed by atoms with van der Waals surface area (Å²) in [6.07, 6.45) is 2.81. The van der Waals surface area contributed by atoms with Crippen LogP contribution in [-0.2, 0) is 0 Å². The fourth-order valence-electron chi connectivity index (χ4n) is 2.95. The van der Waals surface area contributed by atoms with Crippen LogP contribution >= 0.6 is 0 Å². The van der Waals surface area contributed by atoms with Crippen molar-refractivity contribution < 1.29 is 14.3 Å². The second kappa shape index (κ2) is 6.77. The number of pyridine rings is 1. The number of anilines is 1. The molecule has 126 valence electrons. The van der Waals surface area contributed by atoms with Gasteiger partial charge in [0.2, 0.25) is 11.9 Å². The van der Waals surface area contributed by atoms with Gasteiger partial charge in [0.1, 0.15) is 0 Å². The third-order valence-corrected chi connectivity index (χ3v) is 3.95. The molecule has 0 aliphatic carbocycles. The normalized spacial score (nSPS) is 20.7. The molecule has 0 unspecified atom stereocenters. The highest BCUT2D eigenvalue weighted by Gasteiger charge is 2.28. The maximum Gasteiger partial charge on any atom is 0.407 e. The Kier molecular flexibility index (Phi) is 4.54. The summed E-state index contributed by atoms with van der Waals surface area (Å²) < 4.78 is 13.8. The van der Waals surface area contributed by atoms with E-state index in [1.165, 1.54) is 11.1 Å². The molecular weight excluding hydrogens is 313 g/mol. The topological polar surface area (TPSA) is 91.2 Å². The average Bonchev–Trinajstić information content (AvgIpc) is 2.55. The van der Waals surface area contributed by atoms with E-state index < -0.39 is 12.0 Å². The Hall–Kier alpha value is -2.77. The Labute approximate surface area is 138 Å². The van der Waals surface area contributed by atoms with E-state index in [9.17, 15) is 14.3 Å². The largest absolute Gasteiger partial charge is 0.465 e. The maximum atomic E-state index is 13.8. The van der Waals surface area contributed by atoms with Crippen LogP contribution in [-0.4, -0.2) is 50.2 Å². The quantitative estimate of drug-likeness (QED) is 0.840. The van der Waals surface area contributed by atoms with Crippen molar-refractivity contribution in [2.75, 3.05) is 18.4 Å². The highest BCUT2D eigenvalue weighted by Crippen LogP contribution is 2.22. The molecule has 1 aliphatic rings. The fraction of sp³-hybridized carbons (Fsp3) is 0.375. The molecule has 3 heterocycles. The molecule has 7 nitrogen and oxygen atoms in total. The van der Waals surface area contributed by atoms with E-state index in [0.717, 1.165) is 6.42 Å². The number of aromatic nitrogens is 3. The van der Waals surface area contributed by atoms with Crippen molar-refractivity contribution in [3.63, 3.8) is 0 Å². The van der Waals surface area contributed by atoms with Gasteiger partial charge in [-0.15, -0.1) is 0 Å². The number of hydrogen-bond acceptors (Lipinski definition) is 5. The smallest absolute Gasteiger partial charge is 0.407 e. The van der Waals surface area contributed by atoms with Gasteiger partial charge < -0.3 is 15.3 Å². The van der Waals surface area contributed by atoms with Gasteiger partial charge in [-0.3, -0.25) is 0 Å². The molecule has 1 saturated heterocycles. The number of nitrogens with one attached hydrogen (secondary N) is 1. The van der Waals surface area contributed by atoms with E-state index in [1.807, 2.05) is 6.92 Å². The van der Waals surface area contributed by atoms with Crippen LogP contribution in [0.1, 0.15) is 13.3 Å². The number of halogens is 1. The third kappa shape index (κ3) is 3.58. The first kappa shape index (κ1) is 16.1. The van der Waals surface area contributed by atoms with Gasteiger partial charge in [0.15, 0.2) is 0 Å². The van der Waals surface area contributed by atoms with Gasteiger partial charge in [-0.2, -0.15) is 4.39 Å². The summed E-state index contributed by atoms with van der Waals surface area (Å²) in [5, 5.41) is 12.3. The van der Waals surface area contributed by atoms with E-state index in [-0.39, 0.29) is 12.0 Å². The molecule has 2 aromatic rings. The summed E-state index contributed by atoms with van der Waals surface area (Å²) in [6, 6.07) is 4.77. The lowest BCUT2D eigenvalue weighted by atomic mass is 9.96. The summed E-state index contributed by atoms with van der Waals surface area (Å²) in [7, 11) is 0. The maximum absolute atomic E-state index is 13.8. The molecule has 0 bridgehead atoms. The van der Waals surface area contributed by atoms with E-state index in [1.54, 1.807) is 24.4 Å². The fourth-order valence-corrected chi connectivity index (χ4v) is 2.95. The van der Waals surface area contributed by atoms with Crippen molar-refractivity contribution in [3.05, 3.63) is 36.5 Å². The van der Waals surface area contributed by atoms with E-state index in [0.29, 0.717) is 30.3 Å². The van der Waals surface area contributed by atoms with E-state index >= 15 is 0 Å². The second-order valence-corrected chi connectivity index (χ2v) is 5.98. The summed E-state index contributed by atoms with van der Waals surface area (Å²) in [4.78, 5) is 24.7. The van der Waals surface area contributed by atoms with Crippen LogP contribution in [0.15, 0.2) is 30.6 Å². The number of nitrogens with zero attached hydrogens (tertiary/aromatic N) is 4. The molecule has 2 aromatic heterocycles. The first-order valence-electron chi connectivity index (χ1n) is 7.71. The average molecular weight is 331 g/mol. The van der Waals surface area contributed by atoms with Gasteiger partial charge in [-0.1, -0.05) is 6.92 Å². The standard InChI is InChI=1S/C16H18FN5O2/c1-10-7-11(9-22(8-10)16(23)24)20-15-19-6-4-13(21-15)12-3-2-5-18-14(12)17/h2-6,10-11H,7-9H2,1H3,(H,23,24)(H,19,20,21)/t10-,11+/m1/s1. The summed E-state index contributed by atoms with van der Waals surface area (Å²) in [6.45, 7) is 2.90. The molecule has 0 saturated carbocycles. The molecular formula is C16H18FN5O2. The first-order valence-corrected chi connectivity index (χ1v) is 7.71. The zero-order chi connectivity index (χ0) is 17.1. The Morgan fingerprint density at radius 1 is 1.33 bits per heavy atom. The highest BCUT2D eigenvalue weighted by atomic mass is 19.1. The predicted octanol–water partition coefficient (Wildman–Crippen LogP) is 2.48. The Bertz CT molecular complexity index is 742. The predicted molar refractivity (Wildman–Crippen MR) is 86.0 cm³/mol. The van der Waals surface area contributed by atoms with Crippen molar-refractivity contribution in [1.82, 2.24) is 19.9 Å². The summed E-state index contributed by atoms with van der Waals surface area (Å²) in [5.74, 6) is -0.00279. The van der Waals surface area contributed by atoms with Gasteiger partial charge in [0.05, 0.1) is 11.3 Å². The van der Waals surface area contributed by atoms with Gasteiger partial charge in [-0.05, 0) is 30.5 Å². The Morgan fingerprint density at radius 3 is 2.92 bits per heavy atom. The molecule has 1 aliphatic heterocycles. The van der Waals surface area contributed by atoms with Crippen LogP contribution < -0.4 is 5.32 Å². The molecule has 1 amide bonds.